The zero-order chi connectivity index (χ0) is 17.4. The van der Waals surface area contributed by atoms with E-state index in [4.69, 9.17) is 28.9 Å². The summed E-state index contributed by atoms with van der Waals surface area (Å²) in [7, 11) is 0. The van der Waals surface area contributed by atoms with Gasteiger partial charge in [-0.05, 0) is 23.8 Å². The summed E-state index contributed by atoms with van der Waals surface area (Å²) < 4.78 is 19.7. The largest absolute Gasteiger partial charge is 0.410 e. The maximum absolute atomic E-state index is 13.6. The van der Waals surface area contributed by atoms with Crippen molar-refractivity contribution in [2.45, 2.75) is 6.42 Å². The van der Waals surface area contributed by atoms with E-state index in [1.807, 2.05) is 0 Å². The lowest BCUT2D eigenvalue weighted by molar-refractivity contribution is 0.208. The Morgan fingerprint density at radius 3 is 2.79 bits per heavy atom. The molecule has 0 aliphatic heterocycles. The van der Waals surface area contributed by atoms with Crippen LogP contribution in [-0.4, -0.2) is 15.5 Å². The zero-order valence-electron chi connectivity index (χ0n) is 12.0. The van der Waals surface area contributed by atoms with Crippen LogP contribution in [0.25, 0.3) is 5.52 Å². The summed E-state index contributed by atoms with van der Waals surface area (Å²) in [4.78, 5) is 25.3. The summed E-state index contributed by atoms with van der Waals surface area (Å²) in [5.41, 5.74) is 6.08. The van der Waals surface area contributed by atoms with Gasteiger partial charge in [-0.1, -0.05) is 29.3 Å². The van der Waals surface area contributed by atoms with Gasteiger partial charge in [-0.3, -0.25) is 9.20 Å². The van der Waals surface area contributed by atoms with Gasteiger partial charge in [-0.25, -0.2) is 9.18 Å². The molecule has 0 saturated heterocycles. The minimum absolute atomic E-state index is 0.198. The summed E-state index contributed by atoms with van der Waals surface area (Å²) in [6.07, 6.45) is 0.640. The van der Waals surface area contributed by atoms with E-state index in [1.165, 1.54) is 28.8 Å². The number of ether oxygens (including phenoxy) is 1. The fourth-order valence-electron chi connectivity index (χ4n) is 2.38. The van der Waals surface area contributed by atoms with Crippen LogP contribution in [0.2, 0.25) is 10.2 Å². The van der Waals surface area contributed by atoms with Gasteiger partial charge in [-0.15, -0.1) is 0 Å². The van der Waals surface area contributed by atoms with Crippen molar-refractivity contribution in [3.05, 3.63) is 68.1 Å². The zero-order valence-corrected chi connectivity index (χ0v) is 13.5. The van der Waals surface area contributed by atoms with Gasteiger partial charge in [0.05, 0.1) is 5.02 Å². The molecule has 2 heterocycles. The first-order valence-electron chi connectivity index (χ1n) is 6.69. The second-order valence-electron chi connectivity index (χ2n) is 4.98. The number of benzene rings is 1. The third-order valence-corrected chi connectivity index (χ3v) is 4.14. The highest BCUT2D eigenvalue weighted by atomic mass is 35.5. The molecule has 1 amide bonds. The number of rotatable bonds is 3. The van der Waals surface area contributed by atoms with Crippen LogP contribution in [0.5, 0.6) is 5.75 Å². The second kappa shape index (κ2) is 6.18. The fourth-order valence-corrected chi connectivity index (χ4v) is 2.82. The van der Waals surface area contributed by atoms with Crippen molar-refractivity contribution < 1.29 is 13.9 Å². The molecular weight excluding hydrogens is 360 g/mol. The average Bonchev–Trinajstić information content (AvgIpc) is 2.82. The molecule has 0 spiro atoms. The monoisotopic (exact) mass is 369 g/mol. The molecule has 0 radical (unpaired) electrons. The highest BCUT2D eigenvalue weighted by molar-refractivity contribution is 6.42. The average molecular weight is 370 g/mol. The Kier molecular flexibility index (Phi) is 4.21. The Bertz CT molecular complexity index is 1010. The van der Waals surface area contributed by atoms with Gasteiger partial charge in [0.15, 0.2) is 11.6 Å². The number of carbonyl (C=O) groups excluding carboxylic acids is 1. The number of halogens is 3. The SMILES string of the molecule is NC(=O)Oc1cc(Cc2c[nH]c(=O)c3cc(Cl)c(Cl)n23)ccc1F. The summed E-state index contributed by atoms with van der Waals surface area (Å²) in [5.74, 6) is -0.997. The van der Waals surface area contributed by atoms with E-state index < -0.39 is 11.9 Å². The number of nitrogens with one attached hydrogen (secondary N) is 1. The minimum atomic E-state index is -1.11. The first kappa shape index (κ1) is 16.4. The standard InChI is InChI=1S/C15H10Cl2FN3O3/c16-9-5-11-14(22)20-6-8(21(11)13(9)17)3-7-1-2-10(18)12(4-7)24-15(19)23/h1-2,4-6H,3H2,(H2,19,23)(H,20,22). The molecule has 124 valence electrons. The molecule has 3 rings (SSSR count). The van der Waals surface area contributed by atoms with E-state index in [9.17, 15) is 14.0 Å². The van der Waals surface area contributed by atoms with Crippen molar-refractivity contribution in [3.8, 4) is 5.75 Å². The van der Waals surface area contributed by atoms with Crippen molar-refractivity contribution in [1.82, 2.24) is 9.38 Å². The Hall–Kier alpha value is -2.51. The maximum Gasteiger partial charge on any atom is 0.410 e. The van der Waals surface area contributed by atoms with Crippen molar-refractivity contribution in [3.63, 3.8) is 0 Å². The molecule has 9 heteroatoms. The van der Waals surface area contributed by atoms with E-state index >= 15 is 0 Å². The third-order valence-electron chi connectivity index (χ3n) is 3.38. The van der Waals surface area contributed by atoms with Gasteiger partial charge < -0.3 is 15.5 Å². The fraction of sp³-hybridized carbons (Fsp3) is 0.0667. The number of fused-ring (bicyclic) bond motifs is 1. The molecule has 0 aliphatic carbocycles. The summed E-state index contributed by atoms with van der Waals surface area (Å²) >= 11 is 12.1. The molecule has 3 N–H and O–H groups in total. The number of nitrogens with zero attached hydrogens (tertiary/aromatic N) is 1. The third kappa shape index (κ3) is 2.95. The first-order chi connectivity index (χ1) is 11.4. The molecule has 0 atom stereocenters. The van der Waals surface area contributed by atoms with Crippen LogP contribution in [0.4, 0.5) is 9.18 Å². The molecule has 0 saturated carbocycles. The number of carbonyl (C=O) groups is 1. The molecule has 3 aromatic rings. The molecule has 0 fully saturated rings. The Morgan fingerprint density at radius 1 is 1.33 bits per heavy atom. The number of aromatic nitrogens is 2. The smallest absolute Gasteiger partial charge is 0.407 e. The number of hydrogen-bond acceptors (Lipinski definition) is 3. The van der Waals surface area contributed by atoms with Gasteiger partial charge in [-0.2, -0.15) is 0 Å². The van der Waals surface area contributed by atoms with E-state index in [-0.39, 0.29) is 27.9 Å². The lowest BCUT2D eigenvalue weighted by Crippen LogP contribution is -2.17. The van der Waals surface area contributed by atoms with Crippen LogP contribution in [0, 0.1) is 5.82 Å². The van der Waals surface area contributed by atoms with Gasteiger partial charge in [0, 0.05) is 18.3 Å². The predicted molar refractivity (Wildman–Crippen MR) is 87.5 cm³/mol. The van der Waals surface area contributed by atoms with E-state index in [0.29, 0.717) is 16.8 Å². The lowest BCUT2D eigenvalue weighted by atomic mass is 10.1. The second-order valence-corrected chi connectivity index (χ2v) is 5.74. The topological polar surface area (TPSA) is 89.6 Å². The normalized spacial score (nSPS) is 11.0. The quantitative estimate of drug-likeness (QED) is 0.742. The van der Waals surface area contributed by atoms with Crippen LogP contribution >= 0.6 is 23.2 Å². The number of primary amides is 1. The number of H-pyrrole nitrogens is 1. The van der Waals surface area contributed by atoms with Crippen LogP contribution in [-0.2, 0) is 6.42 Å². The van der Waals surface area contributed by atoms with Crippen molar-refractivity contribution in [1.29, 1.82) is 0 Å². The predicted octanol–water partition coefficient (Wildman–Crippen LogP) is 3.12. The van der Waals surface area contributed by atoms with Crippen molar-refractivity contribution >= 4 is 34.8 Å². The van der Waals surface area contributed by atoms with Crippen molar-refractivity contribution in [2.75, 3.05) is 0 Å². The lowest BCUT2D eigenvalue weighted by Gasteiger charge is -2.09. The highest BCUT2D eigenvalue weighted by Crippen LogP contribution is 2.27. The molecule has 0 aliphatic rings. The van der Waals surface area contributed by atoms with Crippen LogP contribution < -0.4 is 16.0 Å². The minimum Gasteiger partial charge on any atom is -0.407 e. The number of nitrogens with two attached hydrogens (primary N) is 1. The molecule has 0 unspecified atom stereocenters. The molecule has 0 bridgehead atoms. The van der Waals surface area contributed by atoms with Crippen LogP contribution in [0.15, 0.2) is 35.3 Å². The van der Waals surface area contributed by atoms with Crippen LogP contribution in [0.3, 0.4) is 0 Å². The summed E-state index contributed by atoms with van der Waals surface area (Å²) in [5, 5.41) is 0.440. The Morgan fingerprint density at radius 2 is 2.08 bits per heavy atom. The Balaban J connectivity index is 2.06. The summed E-state index contributed by atoms with van der Waals surface area (Å²) in [6.45, 7) is 0. The van der Waals surface area contributed by atoms with Gasteiger partial charge >= 0.3 is 6.09 Å². The van der Waals surface area contributed by atoms with Gasteiger partial charge in [0.1, 0.15) is 10.7 Å². The van der Waals surface area contributed by atoms with E-state index in [2.05, 4.69) is 9.72 Å². The molecule has 24 heavy (non-hydrogen) atoms. The van der Waals surface area contributed by atoms with E-state index in [0.717, 1.165) is 6.07 Å². The molecule has 6 nitrogen and oxygen atoms in total. The van der Waals surface area contributed by atoms with E-state index in [1.54, 1.807) is 0 Å². The van der Waals surface area contributed by atoms with Gasteiger partial charge in [0.2, 0.25) is 0 Å². The number of aromatic amines is 1. The van der Waals surface area contributed by atoms with Crippen LogP contribution in [0.1, 0.15) is 11.3 Å². The highest BCUT2D eigenvalue weighted by Gasteiger charge is 2.14. The Labute approximate surface area is 144 Å². The van der Waals surface area contributed by atoms with Crippen molar-refractivity contribution in [2.24, 2.45) is 5.73 Å². The first-order valence-corrected chi connectivity index (χ1v) is 7.45. The number of amides is 1. The molecule has 1 aromatic carbocycles. The molecule has 2 aromatic heterocycles. The molecular formula is C15H10Cl2FN3O3. The van der Waals surface area contributed by atoms with Gasteiger partial charge in [0.25, 0.3) is 5.56 Å². The maximum atomic E-state index is 13.6. The summed E-state index contributed by atoms with van der Waals surface area (Å²) in [6, 6.07) is 5.47. The number of hydrogen-bond donors (Lipinski definition) is 2.